The van der Waals surface area contributed by atoms with Gasteiger partial charge in [0.25, 0.3) is 0 Å². The molecule has 1 aliphatic rings. The van der Waals surface area contributed by atoms with Gasteiger partial charge in [0.1, 0.15) is 0 Å². The molecule has 1 aliphatic heterocycles. The Morgan fingerprint density at radius 2 is 1.78 bits per heavy atom. The normalized spacial score (nSPS) is 13.0. The van der Waals surface area contributed by atoms with Crippen LogP contribution in [0.4, 0.5) is 5.69 Å². The SMILES string of the molecule is S=C(NCCc1ccccc1)Nc1ccc2c(c1)OCCCO2. The summed E-state index contributed by atoms with van der Waals surface area (Å²) in [4.78, 5) is 0. The Balaban J connectivity index is 1.50. The molecule has 0 bridgehead atoms. The van der Waals surface area contributed by atoms with Gasteiger partial charge in [0.05, 0.1) is 13.2 Å². The van der Waals surface area contributed by atoms with Gasteiger partial charge in [-0.25, -0.2) is 0 Å². The van der Waals surface area contributed by atoms with E-state index >= 15 is 0 Å². The van der Waals surface area contributed by atoms with E-state index in [1.807, 2.05) is 36.4 Å². The van der Waals surface area contributed by atoms with Gasteiger partial charge in [0.2, 0.25) is 0 Å². The zero-order valence-corrected chi connectivity index (χ0v) is 13.7. The summed E-state index contributed by atoms with van der Waals surface area (Å²) in [6, 6.07) is 16.1. The molecule has 0 atom stereocenters. The minimum absolute atomic E-state index is 0.607. The number of nitrogens with one attached hydrogen (secondary N) is 2. The van der Waals surface area contributed by atoms with Crippen molar-refractivity contribution in [2.75, 3.05) is 25.1 Å². The van der Waals surface area contributed by atoms with Gasteiger partial charge in [-0.3, -0.25) is 0 Å². The average Bonchev–Trinajstić information content (AvgIpc) is 2.81. The van der Waals surface area contributed by atoms with Crippen molar-refractivity contribution < 1.29 is 9.47 Å². The molecule has 3 rings (SSSR count). The average molecular weight is 328 g/mol. The first kappa shape index (κ1) is 15.6. The maximum Gasteiger partial charge on any atom is 0.170 e. The molecule has 2 aromatic carbocycles. The van der Waals surface area contributed by atoms with Crippen molar-refractivity contribution in [2.24, 2.45) is 0 Å². The first-order valence-corrected chi connectivity index (χ1v) is 8.20. The number of rotatable bonds is 4. The van der Waals surface area contributed by atoms with Gasteiger partial charge in [0, 0.05) is 24.7 Å². The zero-order chi connectivity index (χ0) is 15.9. The van der Waals surface area contributed by atoms with E-state index in [1.165, 1.54) is 5.56 Å². The van der Waals surface area contributed by atoms with Crippen molar-refractivity contribution in [2.45, 2.75) is 12.8 Å². The maximum atomic E-state index is 5.68. The number of ether oxygens (including phenoxy) is 2. The minimum atomic E-state index is 0.607. The molecule has 120 valence electrons. The second-order valence-electron chi connectivity index (χ2n) is 5.33. The standard InChI is InChI=1S/C18H20N2O2S/c23-18(19-10-9-14-5-2-1-3-6-14)20-15-7-8-16-17(13-15)22-12-4-11-21-16/h1-3,5-8,13H,4,9-12H2,(H2,19,20,23). The Kier molecular flexibility index (Phi) is 5.32. The van der Waals surface area contributed by atoms with Crippen LogP contribution in [0.3, 0.4) is 0 Å². The Morgan fingerprint density at radius 3 is 2.61 bits per heavy atom. The molecule has 23 heavy (non-hydrogen) atoms. The van der Waals surface area contributed by atoms with Crippen LogP contribution in [0.15, 0.2) is 48.5 Å². The third-order valence-corrected chi connectivity index (χ3v) is 3.79. The summed E-state index contributed by atoms with van der Waals surface area (Å²) in [6.45, 7) is 2.16. The van der Waals surface area contributed by atoms with E-state index < -0.39 is 0 Å². The van der Waals surface area contributed by atoms with Crippen LogP contribution < -0.4 is 20.1 Å². The van der Waals surface area contributed by atoms with Crippen LogP contribution in [0.25, 0.3) is 0 Å². The van der Waals surface area contributed by atoms with E-state index in [0.29, 0.717) is 18.3 Å². The fourth-order valence-electron chi connectivity index (χ4n) is 2.38. The number of anilines is 1. The van der Waals surface area contributed by atoms with Gasteiger partial charge >= 0.3 is 0 Å². The van der Waals surface area contributed by atoms with Gasteiger partial charge in [0.15, 0.2) is 16.6 Å². The highest BCUT2D eigenvalue weighted by atomic mass is 32.1. The molecule has 2 aromatic rings. The van der Waals surface area contributed by atoms with E-state index in [4.69, 9.17) is 21.7 Å². The van der Waals surface area contributed by atoms with Crippen LogP contribution >= 0.6 is 12.2 Å². The fraction of sp³-hybridized carbons (Fsp3) is 0.278. The van der Waals surface area contributed by atoms with Gasteiger partial charge < -0.3 is 20.1 Å². The number of hydrogen-bond donors (Lipinski definition) is 2. The number of benzene rings is 2. The number of thiocarbonyl (C=S) groups is 1. The molecule has 0 aliphatic carbocycles. The third kappa shape index (κ3) is 4.60. The maximum absolute atomic E-state index is 5.68. The highest BCUT2D eigenvalue weighted by Crippen LogP contribution is 2.32. The second kappa shape index (κ2) is 7.83. The molecule has 0 radical (unpaired) electrons. The molecule has 0 aromatic heterocycles. The van der Waals surface area contributed by atoms with Crippen LogP contribution in [0, 0.1) is 0 Å². The fourth-order valence-corrected chi connectivity index (χ4v) is 2.60. The molecule has 0 spiro atoms. The summed E-state index contributed by atoms with van der Waals surface area (Å²) in [5.41, 5.74) is 2.19. The largest absolute Gasteiger partial charge is 0.490 e. The zero-order valence-electron chi connectivity index (χ0n) is 12.9. The lowest BCUT2D eigenvalue weighted by Gasteiger charge is -2.13. The Bertz CT molecular complexity index is 661. The second-order valence-corrected chi connectivity index (χ2v) is 5.74. The molecule has 0 saturated carbocycles. The van der Waals surface area contributed by atoms with Crippen LogP contribution in [0.2, 0.25) is 0 Å². The summed E-state index contributed by atoms with van der Waals surface area (Å²) >= 11 is 5.34. The van der Waals surface area contributed by atoms with E-state index in [0.717, 1.165) is 36.6 Å². The van der Waals surface area contributed by atoms with Crippen molar-refractivity contribution >= 4 is 23.0 Å². The summed E-state index contributed by atoms with van der Waals surface area (Å²) in [6.07, 6.45) is 1.83. The van der Waals surface area contributed by atoms with E-state index in [9.17, 15) is 0 Å². The van der Waals surface area contributed by atoms with Crippen LogP contribution in [-0.4, -0.2) is 24.9 Å². The molecular formula is C18H20N2O2S. The summed E-state index contributed by atoms with van der Waals surface area (Å²) in [5, 5.41) is 7.01. The Labute approximate surface area is 141 Å². The summed E-state index contributed by atoms with van der Waals surface area (Å²) in [5.74, 6) is 1.55. The Hall–Kier alpha value is -2.27. The lowest BCUT2D eigenvalue weighted by Crippen LogP contribution is -2.30. The molecule has 0 unspecified atom stereocenters. The molecule has 1 heterocycles. The van der Waals surface area contributed by atoms with Crippen molar-refractivity contribution in [1.29, 1.82) is 0 Å². The Morgan fingerprint density at radius 1 is 1.00 bits per heavy atom. The molecule has 4 nitrogen and oxygen atoms in total. The number of hydrogen-bond acceptors (Lipinski definition) is 3. The van der Waals surface area contributed by atoms with Gasteiger partial charge in [-0.1, -0.05) is 30.3 Å². The van der Waals surface area contributed by atoms with Crippen molar-refractivity contribution in [1.82, 2.24) is 5.32 Å². The quantitative estimate of drug-likeness (QED) is 0.842. The molecule has 0 saturated heterocycles. The molecular weight excluding hydrogens is 308 g/mol. The first-order valence-electron chi connectivity index (χ1n) is 7.80. The van der Waals surface area contributed by atoms with Crippen LogP contribution in [-0.2, 0) is 6.42 Å². The van der Waals surface area contributed by atoms with Crippen LogP contribution in [0.5, 0.6) is 11.5 Å². The summed E-state index contributed by atoms with van der Waals surface area (Å²) < 4.78 is 11.3. The van der Waals surface area contributed by atoms with Crippen molar-refractivity contribution in [3.05, 3.63) is 54.1 Å². The third-order valence-electron chi connectivity index (χ3n) is 3.55. The lowest BCUT2D eigenvalue weighted by atomic mass is 10.1. The smallest absolute Gasteiger partial charge is 0.170 e. The van der Waals surface area contributed by atoms with Gasteiger partial charge in [-0.2, -0.15) is 0 Å². The molecule has 2 N–H and O–H groups in total. The van der Waals surface area contributed by atoms with E-state index in [-0.39, 0.29) is 0 Å². The van der Waals surface area contributed by atoms with Crippen LogP contribution in [0.1, 0.15) is 12.0 Å². The predicted octanol–water partition coefficient (Wildman–Crippen LogP) is 3.38. The highest BCUT2D eigenvalue weighted by molar-refractivity contribution is 7.80. The van der Waals surface area contributed by atoms with E-state index in [2.05, 4.69) is 22.8 Å². The van der Waals surface area contributed by atoms with Crippen molar-refractivity contribution in [3.8, 4) is 11.5 Å². The monoisotopic (exact) mass is 328 g/mol. The number of fused-ring (bicyclic) bond motifs is 1. The molecule has 5 heteroatoms. The lowest BCUT2D eigenvalue weighted by molar-refractivity contribution is 0.297. The summed E-state index contributed by atoms with van der Waals surface area (Å²) in [7, 11) is 0. The van der Waals surface area contributed by atoms with E-state index in [1.54, 1.807) is 0 Å². The minimum Gasteiger partial charge on any atom is -0.490 e. The highest BCUT2D eigenvalue weighted by Gasteiger charge is 2.11. The first-order chi connectivity index (χ1) is 11.3. The predicted molar refractivity (Wildman–Crippen MR) is 96.4 cm³/mol. The molecule has 0 fully saturated rings. The topological polar surface area (TPSA) is 42.5 Å². The molecule has 0 amide bonds. The van der Waals surface area contributed by atoms with Crippen molar-refractivity contribution in [3.63, 3.8) is 0 Å². The van der Waals surface area contributed by atoms with Gasteiger partial charge in [-0.05, 0) is 36.3 Å². The van der Waals surface area contributed by atoms with Gasteiger partial charge in [-0.15, -0.1) is 0 Å².